The number of nitrogens with zero attached hydrogens (tertiary/aromatic N) is 1. The molecule has 110 valence electrons. The van der Waals surface area contributed by atoms with Gasteiger partial charge in [0.1, 0.15) is 0 Å². The summed E-state index contributed by atoms with van der Waals surface area (Å²) in [7, 11) is 0. The maximum absolute atomic E-state index is 3.88. The molecule has 1 aliphatic carbocycles. The lowest BCUT2D eigenvalue weighted by atomic mass is 10.0. The molecule has 2 fully saturated rings. The van der Waals surface area contributed by atoms with E-state index in [1.165, 1.54) is 45.3 Å². The van der Waals surface area contributed by atoms with Crippen LogP contribution in [0.15, 0.2) is 15.7 Å². The van der Waals surface area contributed by atoms with Gasteiger partial charge in [-0.05, 0) is 61.7 Å². The van der Waals surface area contributed by atoms with Crippen molar-refractivity contribution in [2.45, 2.75) is 54.1 Å². The van der Waals surface area contributed by atoms with Crippen molar-refractivity contribution in [3.63, 3.8) is 0 Å². The van der Waals surface area contributed by atoms with E-state index in [2.05, 4.69) is 40.3 Å². The molecular weight excluding hydrogens is 284 g/mol. The van der Waals surface area contributed by atoms with E-state index in [1.807, 2.05) is 11.3 Å². The quantitative estimate of drug-likeness (QED) is 0.912. The average Bonchev–Trinajstić information content (AvgIpc) is 2.99. The summed E-state index contributed by atoms with van der Waals surface area (Å²) in [4.78, 5) is 2.72. The monoisotopic (exact) mass is 308 g/mol. The van der Waals surface area contributed by atoms with Gasteiger partial charge >= 0.3 is 0 Å². The van der Waals surface area contributed by atoms with Crippen LogP contribution in [-0.2, 0) is 0 Å². The molecule has 3 heterocycles. The smallest absolute Gasteiger partial charge is 0.0649 e. The number of rotatable bonds is 4. The molecule has 0 spiro atoms. The Bertz CT molecular complexity index is 469. The van der Waals surface area contributed by atoms with Crippen molar-refractivity contribution in [1.82, 2.24) is 10.2 Å². The SMILES string of the molecule is C[C@H]1CC(NCC2CCN(C3CC3)C2)c2ccsc2S1. The van der Waals surface area contributed by atoms with E-state index in [4.69, 9.17) is 0 Å². The van der Waals surface area contributed by atoms with E-state index in [0.717, 1.165) is 17.2 Å². The Morgan fingerprint density at radius 3 is 3.10 bits per heavy atom. The van der Waals surface area contributed by atoms with Crippen molar-refractivity contribution in [3.05, 3.63) is 17.0 Å². The van der Waals surface area contributed by atoms with Crippen LogP contribution in [0.5, 0.6) is 0 Å². The van der Waals surface area contributed by atoms with E-state index in [1.54, 1.807) is 9.77 Å². The molecule has 3 atom stereocenters. The van der Waals surface area contributed by atoms with Crippen molar-refractivity contribution >= 4 is 23.1 Å². The van der Waals surface area contributed by atoms with Gasteiger partial charge in [-0.25, -0.2) is 0 Å². The number of fused-ring (bicyclic) bond motifs is 1. The van der Waals surface area contributed by atoms with Gasteiger partial charge in [0.25, 0.3) is 0 Å². The predicted octanol–water partition coefficient (Wildman–Crippen LogP) is 3.75. The summed E-state index contributed by atoms with van der Waals surface area (Å²) >= 11 is 3.98. The predicted molar refractivity (Wildman–Crippen MR) is 87.7 cm³/mol. The zero-order valence-electron chi connectivity index (χ0n) is 12.2. The molecule has 4 rings (SSSR count). The number of nitrogens with one attached hydrogen (secondary N) is 1. The van der Waals surface area contributed by atoms with Crippen LogP contribution in [0.1, 0.15) is 44.2 Å². The van der Waals surface area contributed by atoms with Crippen molar-refractivity contribution in [2.75, 3.05) is 19.6 Å². The number of likely N-dealkylation sites (tertiary alicyclic amines) is 1. The third-order valence-corrected chi connectivity index (χ3v) is 7.29. The van der Waals surface area contributed by atoms with Crippen LogP contribution in [0.2, 0.25) is 0 Å². The lowest BCUT2D eigenvalue weighted by Gasteiger charge is -2.28. The molecule has 4 heteroatoms. The van der Waals surface area contributed by atoms with Crippen LogP contribution in [0.4, 0.5) is 0 Å². The van der Waals surface area contributed by atoms with Gasteiger partial charge in [0.05, 0.1) is 4.21 Å². The molecule has 3 aliphatic rings. The van der Waals surface area contributed by atoms with Crippen molar-refractivity contribution < 1.29 is 0 Å². The Kier molecular flexibility index (Phi) is 3.84. The number of hydrogen-bond acceptors (Lipinski definition) is 4. The summed E-state index contributed by atoms with van der Waals surface area (Å²) in [6.45, 7) is 6.26. The molecule has 2 unspecified atom stereocenters. The lowest BCUT2D eigenvalue weighted by molar-refractivity contribution is 0.308. The zero-order chi connectivity index (χ0) is 13.5. The highest BCUT2D eigenvalue weighted by atomic mass is 32.2. The summed E-state index contributed by atoms with van der Waals surface area (Å²) in [6, 6.07) is 3.89. The van der Waals surface area contributed by atoms with Gasteiger partial charge in [0.15, 0.2) is 0 Å². The van der Waals surface area contributed by atoms with Crippen molar-refractivity contribution in [3.8, 4) is 0 Å². The fourth-order valence-electron chi connectivity index (χ4n) is 3.65. The fraction of sp³-hybridized carbons (Fsp3) is 0.750. The minimum atomic E-state index is 0.600. The van der Waals surface area contributed by atoms with E-state index in [-0.39, 0.29) is 0 Å². The van der Waals surface area contributed by atoms with Gasteiger partial charge < -0.3 is 10.2 Å². The molecule has 0 aromatic carbocycles. The van der Waals surface area contributed by atoms with Crippen molar-refractivity contribution in [2.24, 2.45) is 5.92 Å². The van der Waals surface area contributed by atoms with Crippen LogP contribution in [0.25, 0.3) is 0 Å². The number of thiophene rings is 1. The molecule has 2 aliphatic heterocycles. The summed E-state index contributed by atoms with van der Waals surface area (Å²) in [5.74, 6) is 0.877. The number of hydrogen-bond donors (Lipinski definition) is 1. The van der Waals surface area contributed by atoms with E-state index >= 15 is 0 Å². The Labute approximate surface area is 130 Å². The van der Waals surface area contributed by atoms with Crippen LogP contribution >= 0.6 is 23.1 Å². The minimum absolute atomic E-state index is 0.600. The molecule has 1 aromatic heterocycles. The normalized spacial score (nSPS) is 34.4. The summed E-state index contributed by atoms with van der Waals surface area (Å²) in [6.07, 6.45) is 5.59. The fourth-order valence-corrected chi connectivity index (χ4v) is 6.22. The average molecular weight is 309 g/mol. The highest BCUT2D eigenvalue weighted by molar-refractivity contribution is 8.01. The molecular formula is C16H24N2S2. The Morgan fingerprint density at radius 2 is 2.25 bits per heavy atom. The van der Waals surface area contributed by atoms with E-state index in [9.17, 15) is 0 Å². The van der Waals surface area contributed by atoms with Crippen LogP contribution in [0.3, 0.4) is 0 Å². The van der Waals surface area contributed by atoms with Gasteiger partial charge in [0, 0.05) is 23.9 Å². The maximum atomic E-state index is 3.88. The standard InChI is InChI=1S/C16H24N2S2/c1-11-8-15(14-5-7-19-16(14)20-11)17-9-12-4-6-18(10-12)13-2-3-13/h5,7,11-13,15,17H,2-4,6,8-10H2,1H3/t11-,12?,15?/m0/s1. The Morgan fingerprint density at radius 1 is 1.35 bits per heavy atom. The molecule has 1 aromatic rings. The molecule has 1 saturated carbocycles. The first-order valence-electron chi connectivity index (χ1n) is 8.01. The van der Waals surface area contributed by atoms with E-state index < -0.39 is 0 Å². The number of thioether (sulfide) groups is 1. The second-order valence-corrected chi connectivity index (χ2v) is 9.29. The molecule has 2 nitrogen and oxygen atoms in total. The molecule has 1 saturated heterocycles. The summed E-state index contributed by atoms with van der Waals surface area (Å²) < 4.78 is 1.55. The minimum Gasteiger partial charge on any atom is -0.310 e. The van der Waals surface area contributed by atoms with Crippen LogP contribution in [0, 0.1) is 5.92 Å². The first-order valence-corrected chi connectivity index (χ1v) is 9.77. The molecule has 0 bridgehead atoms. The lowest BCUT2D eigenvalue weighted by Crippen LogP contribution is -2.32. The van der Waals surface area contributed by atoms with Gasteiger partial charge in [0.2, 0.25) is 0 Å². The highest BCUT2D eigenvalue weighted by Crippen LogP contribution is 2.43. The van der Waals surface area contributed by atoms with Crippen LogP contribution < -0.4 is 5.32 Å². The summed E-state index contributed by atoms with van der Waals surface area (Å²) in [5, 5.41) is 6.90. The molecule has 1 N–H and O–H groups in total. The second kappa shape index (κ2) is 5.64. The first-order chi connectivity index (χ1) is 9.79. The van der Waals surface area contributed by atoms with Gasteiger partial charge in [-0.3, -0.25) is 0 Å². The van der Waals surface area contributed by atoms with Gasteiger partial charge in [-0.2, -0.15) is 0 Å². The topological polar surface area (TPSA) is 15.3 Å². The second-order valence-electron chi connectivity index (χ2n) is 6.67. The summed E-state index contributed by atoms with van der Waals surface area (Å²) in [5.41, 5.74) is 1.56. The highest BCUT2D eigenvalue weighted by Gasteiger charge is 2.34. The third kappa shape index (κ3) is 2.80. The first kappa shape index (κ1) is 13.6. The van der Waals surface area contributed by atoms with Crippen molar-refractivity contribution in [1.29, 1.82) is 0 Å². The molecule has 20 heavy (non-hydrogen) atoms. The van der Waals surface area contributed by atoms with Gasteiger partial charge in [-0.15, -0.1) is 23.1 Å². The van der Waals surface area contributed by atoms with Crippen LogP contribution in [-0.4, -0.2) is 35.8 Å². The van der Waals surface area contributed by atoms with Gasteiger partial charge in [-0.1, -0.05) is 6.92 Å². The molecule has 0 radical (unpaired) electrons. The largest absolute Gasteiger partial charge is 0.310 e. The third-order valence-electron chi connectivity index (χ3n) is 4.94. The zero-order valence-corrected chi connectivity index (χ0v) is 13.8. The van der Waals surface area contributed by atoms with E-state index in [0.29, 0.717) is 6.04 Å². The Hall–Kier alpha value is -0.0300. The molecule has 0 amide bonds. The maximum Gasteiger partial charge on any atom is 0.0649 e. The Balaban J connectivity index is 1.33.